The first-order valence-electron chi connectivity index (χ1n) is 18.9. The lowest BCUT2D eigenvalue weighted by molar-refractivity contribution is -0.146. The molecule has 1 saturated heterocycles. The number of urea groups is 1. The standard InChI is InChI=1S/C40H52ClN7O8/c1-25-12-14-26(15-13-25)24-44-36(51)30(10-7-20-43-40(42)55)46-37(52)32(22-28-17-16-27-8-3-4-9-29(27)28)47-38(53)33-11-5-6-21-48(33)39(54)31(45-34(49)23-41)18-19-35(50)56-2/h3-4,8-9,12-15,17,30-33H,5-7,10-11,16,18-24H2,1-2H3,(H,44,51)(H,45,49)(H,46,52)(H,47,53)(H3,42,43,55)/t30-,31-,32-,33-/m0/s1. The number of ether oxygens (including phenoxy) is 1. The molecule has 0 saturated carbocycles. The summed E-state index contributed by atoms with van der Waals surface area (Å²) >= 11 is 5.72. The third-order valence-electron chi connectivity index (χ3n) is 9.89. The number of nitrogens with one attached hydrogen (secondary N) is 5. The molecule has 7 N–H and O–H groups in total. The number of benzene rings is 2. The Hall–Kier alpha value is -5.44. The minimum atomic E-state index is -1.15. The summed E-state index contributed by atoms with van der Waals surface area (Å²) in [5.41, 5.74) is 10.0. The molecule has 0 radical (unpaired) electrons. The number of carbonyl (C=O) groups excluding carboxylic acids is 7. The number of methoxy groups -OCH3 is 1. The molecular formula is C40H52ClN7O8. The quantitative estimate of drug-likeness (QED) is 0.0702. The number of hydrogen-bond donors (Lipinski definition) is 6. The van der Waals surface area contributed by atoms with Crippen LogP contribution in [0.15, 0.2) is 54.6 Å². The van der Waals surface area contributed by atoms with Crippen LogP contribution in [-0.2, 0) is 46.5 Å². The van der Waals surface area contributed by atoms with Gasteiger partial charge in [0.05, 0.1) is 7.11 Å². The molecule has 2 aliphatic rings. The number of nitrogens with two attached hydrogens (primary N) is 1. The number of likely N-dealkylation sites (tertiary alicyclic amines) is 1. The molecule has 0 unspecified atom stereocenters. The Kier molecular flexibility index (Phi) is 16.7. The first-order valence-corrected chi connectivity index (χ1v) is 19.4. The Morgan fingerprint density at radius 3 is 2.36 bits per heavy atom. The highest BCUT2D eigenvalue weighted by Crippen LogP contribution is 2.31. The van der Waals surface area contributed by atoms with E-state index in [1.54, 1.807) is 0 Å². The molecule has 0 bridgehead atoms. The van der Waals surface area contributed by atoms with Gasteiger partial charge in [-0.05, 0) is 74.1 Å². The summed E-state index contributed by atoms with van der Waals surface area (Å²) in [6, 6.07) is 10.4. The van der Waals surface area contributed by atoms with Crippen LogP contribution < -0.4 is 32.3 Å². The summed E-state index contributed by atoms with van der Waals surface area (Å²) in [5.74, 6) is -3.79. The first kappa shape index (κ1) is 43.3. The number of hydrogen-bond acceptors (Lipinski definition) is 8. The minimum absolute atomic E-state index is 0.0695. The van der Waals surface area contributed by atoms with Gasteiger partial charge in [0, 0.05) is 32.5 Å². The average Bonchev–Trinajstić information content (AvgIpc) is 3.61. The lowest BCUT2D eigenvalue weighted by atomic mass is 9.96. The fourth-order valence-electron chi connectivity index (χ4n) is 6.84. The van der Waals surface area contributed by atoms with Gasteiger partial charge in [0.15, 0.2) is 0 Å². The number of piperidine rings is 1. The van der Waals surface area contributed by atoms with Crippen LogP contribution in [0.5, 0.6) is 0 Å². The predicted molar refractivity (Wildman–Crippen MR) is 210 cm³/mol. The van der Waals surface area contributed by atoms with E-state index in [-0.39, 0.29) is 45.3 Å². The fourth-order valence-corrected chi connectivity index (χ4v) is 6.92. The van der Waals surface area contributed by atoms with Crippen molar-refractivity contribution in [2.75, 3.05) is 26.1 Å². The van der Waals surface area contributed by atoms with Gasteiger partial charge >= 0.3 is 12.0 Å². The molecule has 1 heterocycles. The molecule has 0 spiro atoms. The van der Waals surface area contributed by atoms with Crippen molar-refractivity contribution in [3.63, 3.8) is 0 Å². The Balaban J connectivity index is 1.57. The van der Waals surface area contributed by atoms with E-state index in [0.717, 1.165) is 27.8 Å². The number of rotatable bonds is 19. The van der Waals surface area contributed by atoms with Gasteiger partial charge in [0.25, 0.3) is 0 Å². The van der Waals surface area contributed by atoms with Crippen LogP contribution in [0.4, 0.5) is 4.79 Å². The second-order valence-electron chi connectivity index (χ2n) is 14.0. The van der Waals surface area contributed by atoms with Crippen molar-refractivity contribution in [2.45, 2.75) is 95.4 Å². The molecule has 2 aromatic carbocycles. The number of allylic oxidation sites excluding steroid dienone is 1. The molecule has 1 aliphatic carbocycles. The molecule has 0 aromatic heterocycles. The Morgan fingerprint density at radius 2 is 1.64 bits per heavy atom. The third-order valence-corrected chi connectivity index (χ3v) is 10.1. The van der Waals surface area contributed by atoms with E-state index in [2.05, 4.69) is 26.6 Å². The average molecular weight is 794 g/mol. The summed E-state index contributed by atoms with van der Waals surface area (Å²) in [6.07, 6.45) is 4.52. The monoisotopic (exact) mass is 793 g/mol. The summed E-state index contributed by atoms with van der Waals surface area (Å²) in [6.45, 7) is 2.56. The van der Waals surface area contributed by atoms with E-state index in [9.17, 15) is 33.6 Å². The highest BCUT2D eigenvalue weighted by atomic mass is 35.5. The van der Waals surface area contributed by atoms with E-state index < -0.39 is 71.6 Å². The second-order valence-corrected chi connectivity index (χ2v) is 14.2. The van der Waals surface area contributed by atoms with Gasteiger partial charge in [-0.3, -0.25) is 28.8 Å². The van der Waals surface area contributed by atoms with Crippen LogP contribution >= 0.6 is 11.6 Å². The number of alkyl halides is 1. The number of nitrogens with zero attached hydrogens (tertiary/aromatic N) is 1. The zero-order chi connectivity index (χ0) is 40.6. The van der Waals surface area contributed by atoms with Crippen LogP contribution in [0.2, 0.25) is 0 Å². The largest absolute Gasteiger partial charge is 0.469 e. The van der Waals surface area contributed by atoms with E-state index in [1.807, 2.05) is 61.5 Å². The summed E-state index contributed by atoms with van der Waals surface area (Å²) in [7, 11) is 1.22. The van der Waals surface area contributed by atoms with Gasteiger partial charge < -0.3 is 42.0 Å². The molecule has 16 heteroatoms. The highest BCUT2D eigenvalue weighted by Gasteiger charge is 2.38. The van der Waals surface area contributed by atoms with Crippen molar-refractivity contribution >= 4 is 58.7 Å². The van der Waals surface area contributed by atoms with Crippen LogP contribution in [-0.4, -0.2) is 96.7 Å². The zero-order valence-electron chi connectivity index (χ0n) is 31.9. The van der Waals surface area contributed by atoms with Crippen LogP contribution in [0.3, 0.4) is 0 Å². The molecule has 4 rings (SSSR count). The summed E-state index contributed by atoms with van der Waals surface area (Å²) in [4.78, 5) is 92.9. The van der Waals surface area contributed by atoms with Gasteiger partial charge in [-0.25, -0.2) is 4.79 Å². The van der Waals surface area contributed by atoms with Crippen molar-refractivity contribution in [2.24, 2.45) is 5.73 Å². The minimum Gasteiger partial charge on any atom is -0.469 e. The van der Waals surface area contributed by atoms with E-state index in [0.29, 0.717) is 32.1 Å². The van der Waals surface area contributed by atoms with Crippen LogP contribution in [0, 0.1) is 6.92 Å². The SMILES string of the molecule is COC(=O)CC[C@H](NC(=O)CCl)C(=O)N1CCCC[C@H]1C(=O)N[C@@H](CC1=CCc2ccccc21)C(=O)N[C@@H](CCCNC(N)=O)C(=O)NCc1ccc(C)cc1. The van der Waals surface area contributed by atoms with Crippen molar-refractivity contribution in [1.29, 1.82) is 0 Å². The van der Waals surface area contributed by atoms with E-state index >= 15 is 0 Å². The topological polar surface area (TPSA) is 218 Å². The fraction of sp³-hybridized carbons (Fsp3) is 0.475. The van der Waals surface area contributed by atoms with Crippen molar-refractivity contribution < 1.29 is 38.3 Å². The molecule has 4 atom stereocenters. The molecule has 7 amide bonds. The van der Waals surface area contributed by atoms with E-state index in [1.165, 1.54) is 12.0 Å². The van der Waals surface area contributed by atoms with Crippen LogP contribution in [0.25, 0.3) is 5.57 Å². The number of fused-ring (bicyclic) bond motifs is 1. The number of halogens is 1. The second kappa shape index (κ2) is 21.6. The van der Waals surface area contributed by atoms with Crippen molar-refractivity contribution in [3.8, 4) is 0 Å². The van der Waals surface area contributed by atoms with Crippen LogP contribution in [0.1, 0.15) is 73.6 Å². The van der Waals surface area contributed by atoms with Gasteiger partial charge in [-0.15, -0.1) is 11.6 Å². The molecule has 1 aliphatic heterocycles. The lowest BCUT2D eigenvalue weighted by Gasteiger charge is -2.37. The Bertz CT molecular complexity index is 1770. The maximum Gasteiger partial charge on any atom is 0.312 e. The number of amides is 7. The number of primary amides is 1. The molecular weight excluding hydrogens is 742 g/mol. The smallest absolute Gasteiger partial charge is 0.312 e. The van der Waals surface area contributed by atoms with E-state index in [4.69, 9.17) is 22.1 Å². The molecule has 1 fully saturated rings. The van der Waals surface area contributed by atoms with Gasteiger partial charge in [0.1, 0.15) is 30.0 Å². The molecule has 56 heavy (non-hydrogen) atoms. The van der Waals surface area contributed by atoms with Crippen molar-refractivity contribution in [1.82, 2.24) is 31.5 Å². The molecule has 15 nitrogen and oxygen atoms in total. The molecule has 302 valence electrons. The maximum atomic E-state index is 14.3. The van der Waals surface area contributed by atoms with Gasteiger partial charge in [0.2, 0.25) is 29.5 Å². The maximum absolute atomic E-state index is 14.3. The van der Waals surface area contributed by atoms with Crippen molar-refractivity contribution in [3.05, 3.63) is 76.9 Å². The lowest BCUT2D eigenvalue weighted by Crippen LogP contribution is -2.60. The first-order chi connectivity index (χ1) is 26.9. The molecule has 2 aromatic rings. The normalized spacial score (nSPS) is 16.2. The zero-order valence-corrected chi connectivity index (χ0v) is 32.6. The number of carbonyl (C=O) groups is 7. The summed E-state index contributed by atoms with van der Waals surface area (Å²) in [5, 5.41) is 13.7. The highest BCUT2D eigenvalue weighted by molar-refractivity contribution is 6.27. The number of esters is 1. The number of aryl methyl sites for hydroxylation is 1. The Labute approximate surface area is 331 Å². The Morgan fingerprint density at radius 1 is 0.893 bits per heavy atom. The predicted octanol–water partition coefficient (Wildman–Crippen LogP) is 2.12. The summed E-state index contributed by atoms with van der Waals surface area (Å²) < 4.78 is 4.72. The van der Waals surface area contributed by atoms with Gasteiger partial charge in [-0.1, -0.05) is 60.2 Å². The van der Waals surface area contributed by atoms with Gasteiger partial charge in [-0.2, -0.15) is 0 Å². The third kappa shape index (κ3) is 12.8.